The molecular formula is C16H26N2O. The lowest BCUT2D eigenvalue weighted by atomic mass is 9.92. The van der Waals surface area contributed by atoms with Crippen molar-refractivity contribution in [3.63, 3.8) is 0 Å². The smallest absolute Gasteiger partial charge is 0.118 e. The Hall–Kier alpha value is -1.06. The number of hydrogen-bond donors (Lipinski definition) is 1. The Bertz CT molecular complexity index is 369. The molecule has 1 aliphatic rings. The SMILES string of the molecule is CCC1CCN(C(CN)c2ccc(OC)cc2)CC1. The maximum absolute atomic E-state index is 6.00. The van der Waals surface area contributed by atoms with Crippen LogP contribution >= 0.6 is 0 Å². The summed E-state index contributed by atoms with van der Waals surface area (Å²) in [5.74, 6) is 1.81. The fraction of sp³-hybridized carbons (Fsp3) is 0.625. The van der Waals surface area contributed by atoms with E-state index in [1.54, 1.807) is 7.11 Å². The van der Waals surface area contributed by atoms with Gasteiger partial charge in [0.05, 0.1) is 7.11 Å². The molecule has 0 bridgehead atoms. The number of nitrogens with two attached hydrogens (primary N) is 1. The number of ether oxygens (including phenoxy) is 1. The topological polar surface area (TPSA) is 38.5 Å². The molecule has 1 atom stereocenters. The van der Waals surface area contributed by atoms with Crippen molar-refractivity contribution in [2.24, 2.45) is 11.7 Å². The molecule has 3 heteroatoms. The molecule has 1 heterocycles. The Morgan fingerprint density at radius 2 is 1.89 bits per heavy atom. The molecule has 19 heavy (non-hydrogen) atoms. The van der Waals surface area contributed by atoms with E-state index in [0.29, 0.717) is 12.6 Å². The second-order valence-electron chi connectivity index (χ2n) is 5.41. The summed E-state index contributed by atoms with van der Waals surface area (Å²) >= 11 is 0. The van der Waals surface area contributed by atoms with E-state index in [9.17, 15) is 0 Å². The monoisotopic (exact) mass is 262 g/mol. The number of piperidine rings is 1. The Morgan fingerprint density at radius 3 is 2.37 bits per heavy atom. The molecule has 1 aliphatic heterocycles. The van der Waals surface area contributed by atoms with Crippen molar-refractivity contribution in [2.75, 3.05) is 26.7 Å². The van der Waals surface area contributed by atoms with Crippen molar-refractivity contribution >= 4 is 0 Å². The van der Waals surface area contributed by atoms with Crippen LogP contribution in [0.5, 0.6) is 5.75 Å². The number of likely N-dealkylation sites (tertiary alicyclic amines) is 1. The van der Waals surface area contributed by atoms with Gasteiger partial charge in [0, 0.05) is 12.6 Å². The van der Waals surface area contributed by atoms with Gasteiger partial charge in [-0.25, -0.2) is 0 Å². The summed E-state index contributed by atoms with van der Waals surface area (Å²) in [6.45, 7) is 5.33. The van der Waals surface area contributed by atoms with Crippen LogP contribution in [0.2, 0.25) is 0 Å². The number of rotatable bonds is 5. The first kappa shape index (κ1) is 14.4. The van der Waals surface area contributed by atoms with Gasteiger partial charge in [0.2, 0.25) is 0 Å². The summed E-state index contributed by atoms with van der Waals surface area (Å²) in [6.07, 6.45) is 3.93. The highest BCUT2D eigenvalue weighted by Crippen LogP contribution is 2.28. The molecule has 106 valence electrons. The summed E-state index contributed by atoms with van der Waals surface area (Å²) in [7, 11) is 1.70. The molecule has 2 N–H and O–H groups in total. The fourth-order valence-electron chi connectivity index (χ4n) is 2.99. The van der Waals surface area contributed by atoms with Gasteiger partial charge in [0.1, 0.15) is 5.75 Å². The summed E-state index contributed by atoms with van der Waals surface area (Å²) < 4.78 is 5.21. The van der Waals surface area contributed by atoms with E-state index in [0.717, 1.165) is 11.7 Å². The van der Waals surface area contributed by atoms with E-state index >= 15 is 0 Å². The average Bonchev–Trinajstić information content (AvgIpc) is 2.49. The normalized spacial score (nSPS) is 19.3. The van der Waals surface area contributed by atoms with Gasteiger partial charge >= 0.3 is 0 Å². The van der Waals surface area contributed by atoms with Gasteiger partial charge in [-0.1, -0.05) is 25.5 Å². The molecule has 1 unspecified atom stereocenters. The number of hydrogen-bond acceptors (Lipinski definition) is 3. The lowest BCUT2D eigenvalue weighted by molar-refractivity contribution is 0.134. The number of benzene rings is 1. The van der Waals surface area contributed by atoms with Crippen LogP contribution in [-0.2, 0) is 0 Å². The van der Waals surface area contributed by atoms with Gasteiger partial charge in [-0.2, -0.15) is 0 Å². The second kappa shape index (κ2) is 6.92. The van der Waals surface area contributed by atoms with Crippen molar-refractivity contribution < 1.29 is 4.74 Å². The second-order valence-corrected chi connectivity index (χ2v) is 5.41. The minimum atomic E-state index is 0.351. The van der Waals surface area contributed by atoms with Crippen molar-refractivity contribution in [1.29, 1.82) is 0 Å². The van der Waals surface area contributed by atoms with Crippen LogP contribution in [0.1, 0.15) is 37.8 Å². The van der Waals surface area contributed by atoms with Crippen molar-refractivity contribution in [3.05, 3.63) is 29.8 Å². The highest BCUT2D eigenvalue weighted by atomic mass is 16.5. The average molecular weight is 262 g/mol. The van der Waals surface area contributed by atoms with Crippen LogP contribution in [0, 0.1) is 5.92 Å². The lowest BCUT2D eigenvalue weighted by Gasteiger charge is -2.37. The zero-order valence-electron chi connectivity index (χ0n) is 12.1. The highest BCUT2D eigenvalue weighted by Gasteiger charge is 2.24. The zero-order chi connectivity index (χ0) is 13.7. The summed E-state index contributed by atoms with van der Waals surface area (Å²) in [6, 6.07) is 8.68. The Labute approximate surface area is 116 Å². The molecule has 0 aliphatic carbocycles. The predicted octanol–water partition coefficient (Wildman–Crippen LogP) is 2.82. The zero-order valence-corrected chi connectivity index (χ0v) is 12.1. The van der Waals surface area contributed by atoms with Crippen molar-refractivity contribution in [3.8, 4) is 5.75 Å². The Balaban J connectivity index is 2.03. The molecule has 0 radical (unpaired) electrons. The molecule has 2 rings (SSSR count). The molecule has 1 saturated heterocycles. The summed E-state index contributed by atoms with van der Waals surface area (Å²) in [4.78, 5) is 2.54. The van der Waals surface area contributed by atoms with Crippen molar-refractivity contribution in [1.82, 2.24) is 4.90 Å². The summed E-state index contributed by atoms with van der Waals surface area (Å²) in [5, 5.41) is 0. The van der Waals surface area contributed by atoms with Gasteiger partial charge in [0.25, 0.3) is 0 Å². The van der Waals surface area contributed by atoms with Gasteiger partial charge in [-0.15, -0.1) is 0 Å². The maximum atomic E-state index is 6.00. The van der Waals surface area contributed by atoms with E-state index in [1.807, 2.05) is 12.1 Å². The quantitative estimate of drug-likeness (QED) is 0.887. The highest BCUT2D eigenvalue weighted by molar-refractivity contribution is 5.29. The summed E-state index contributed by atoms with van der Waals surface area (Å²) in [5.41, 5.74) is 7.30. The van der Waals surface area contributed by atoms with E-state index in [-0.39, 0.29) is 0 Å². The molecule has 1 fully saturated rings. The molecule has 0 amide bonds. The van der Waals surface area contributed by atoms with Crippen LogP contribution in [-0.4, -0.2) is 31.6 Å². The number of nitrogens with zero attached hydrogens (tertiary/aromatic N) is 1. The third kappa shape index (κ3) is 3.48. The van der Waals surface area contributed by atoms with Crippen LogP contribution in [0.25, 0.3) is 0 Å². The molecular weight excluding hydrogens is 236 g/mol. The minimum Gasteiger partial charge on any atom is -0.497 e. The van der Waals surface area contributed by atoms with Gasteiger partial charge in [0.15, 0.2) is 0 Å². The predicted molar refractivity (Wildman–Crippen MR) is 79.4 cm³/mol. The van der Waals surface area contributed by atoms with Crippen LogP contribution in [0.4, 0.5) is 0 Å². The molecule has 0 saturated carbocycles. The van der Waals surface area contributed by atoms with Crippen LogP contribution in [0.15, 0.2) is 24.3 Å². The Morgan fingerprint density at radius 1 is 1.26 bits per heavy atom. The number of methoxy groups -OCH3 is 1. The van der Waals surface area contributed by atoms with Gasteiger partial charge in [-0.3, -0.25) is 4.90 Å². The van der Waals surface area contributed by atoms with Crippen LogP contribution in [0.3, 0.4) is 0 Å². The van der Waals surface area contributed by atoms with Crippen LogP contribution < -0.4 is 10.5 Å². The fourth-order valence-corrected chi connectivity index (χ4v) is 2.99. The van der Waals surface area contributed by atoms with E-state index in [2.05, 4.69) is 24.0 Å². The molecule has 0 spiro atoms. The molecule has 1 aromatic carbocycles. The first-order chi connectivity index (χ1) is 9.28. The van der Waals surface area contributed by atoms with Crippen molar-refractivity contribution in [2.45, 2.75) is 32.2 Å². The third-order valence-corrected chi connectivity index (χ3v) is 4.39. The largest absolute Gasteiger partial charge is 0.497 e. The first-order valence-electron chi connectivity index (χ1n) is 7.36. The van der Waals surface area contributed by atoms with E-state index in [1.165, 1.54) is 37.9 Å². The molecule has 1 aromatic rings. The standard InChI is InChI=1S/C16H26N2O/c1-3-13-8-10-18(11-9-13)16(12-17)14-4-6-15(19-2)7-5-14/h4-7,13,16H,3,8-12,17H2,1-2H3. The lowest BCUT2D eigenvalue weighted by Crippen LogP contribution is -2.39. The maximum Gasteiger partial charge on any atom is 0.118 e. The van der Waals surface area contributed by atoms with Gasteiger partial charge in [-0.05, 0) is 49.5 Å². The third-order valence-electron chi connectivity index (χ3n) is 4.39. The first-order valence-corrected chi connectivity index (χ1v) is 7.36. The van der Waals surface area contributed by atoms with Gasteiger partial charge < -0.3 is 10.5 Å². The molecule has 0 aromatic heterocycles. The van der Waals surface area contributed by atoms with E-state index in [4.69, 9.17) is 10.5 Å². The minimum absolute atomic E-state index is 0.351. The van der Waals surface area contributed by atoms with E-state index < -0.39 is 0 Å². The Kier molecular flexibility index (Phi) is 5.23. The molecule has 3 nitrogen and oxygen atoms in total.